The molecule has 1 aromatic heterocycles. The number of aryl methyl sites for hydroxylation is 1. The molecule has 4 nitrogen and oxygen atoms in total. The van der Waals surface area contributed by atoms with E-state index in [9.17, 15) is 0 Å². The van der Waals surface area contributed by atoms with Gasteiger partial charge in [-0.3, -0.25) is 4.68 Å². The Balaban J connectivity index is 2.01. The number of nitrogens with one attached hydrogen (secondary N) is 1. The molecule has 21 heavy (non-hydrogen) atoms. The molecule has 1 fully saturated rings. The van der Waals surface area contributed by atoms with Crippen LogP contribution in [0.3, 0.4) is 0 Å². The van der Waals surface area contributed by atoms with E-state index in [0.717, 1.165) is 43.1 Å². The van der Waals surface area contributed by atoms with Gasteiger partial charge in [-0.05, 0) is 64.8 Å². The Morgan fingerprint density at radius 3 is 2.71 bits per heavy atom. The van der Waals surface area contributed by atoms with Crippen LogP contribution in [0.2, 0.25) is 0 Å². The van der Waals surface area contributed by atoms with Gasteiger partial charge in [0.15, 0.2) is 0 Å². The van der Waals surface area contributed by atoms with Gasteiger partial charge < -0.3 is 5.32 Å². The van der Waals surface area contributed by atoms with Gasteiger partial charge in [0, 0.05) is 18.5 Å². The van der Waals surface area contributed by atoms with Gasteiger partial charge in [-0.1, -0.05) is 13.3 Å². The molecular weight excluding hydrogens is 260 g/mol. The van der Waals surface area contributed by atoms with E-state index in [1.165, 1.54) is 19.3 Å². The van der Waals surface area contributed by atoms with Crippen LogP contribution in [0, 0.1) is 17.8 Å². The number of hydrogen-bond acceptors (Lipinski definition) is 3. The summed E-state index contributed by atoms with van der Waals surface area (Å²) in [5.74, 6) is 3.51. The second-order valence-corrected chi connectivity index (χ2v) is 7.77. The van der Waals surface area contributed by atoms with E-state index in [1.807, 2.05) is 4.68 Å². The first kappa shape index (κ1) is 16.5. The molecule has 4 heteroatoms. The van der Waals surface area contributed by atoms with E-state index in [0.29, 0.717) is 0 Å². The van der Waals surface area contributed by atoms with E-state index in [-0.39, 0.29) is 5.54 Å². The Hall–Kier alpha value is -0.900. The Bertz CT molecular complexity index is 432. The summed E-state index contributed by atoms with van der Waals surface area (Å²) in [6.07, 6.45) is 6.82. The number of rotatable bonds is 5. The highest BCUT2D eigenvalue weighted by atomic mass is 15.3. The highest BCUT2D eigenvalue weighted by Gasteiger charge is 2.30. The summed E-state index contributed by atoms with van der Waals surface area (Å²) in [5.41, 5.74) is 0.205. The smallest absolute Gasteiger partial charge is 0.138 e. The third-order valence-corrected chi connectivity index (χ3v) is 4.74. The fraction of sp³-hybridized carbons (Fsp3) is 0.882. The van der Waals surface area contributed by atoms with Gasteiger partial charge in [0.05, 0.1) is 0 Å². The first-order chi connectivity index (χ1) is 9.89. The zero-order valence-electron chi connectivity index (χ0n) is 14.4. The van der Waals surface area contributed by atoms with Crippen molar-refractivity contribution in [1.29, 1.82) is 0 Å². The minimum atomic E-state index is 0.205. The molecule has 1 aliphatic rings. The first-order valence-electron chi connectivity index (χ1n) is 8.50. The quantitative estimate of drug-likeness (QED) is 0.905. The Kier molecular flexibility index (Phi) is 5.42. The summed E-state index contributed by atoms with van der Waals surface area (Å²) in [5, 5.41) is 8.02. The van der Waals surface area contributed by atoms with Crippen molar-refractivity contribution in [2.24, 2.45) is 17.8 Å². The van der Waals surface area contributed by atoms with E-state index < -0.39 is 0 Å². The molecule has 0 saturated heterocycles. The maximum atomic E-state index is 4.48. The predicted octanol–water partition coefficient (Wildman–Crippen LogP) is 3.28. The Labute approximate surface area is 129 Å². The third kappa shape index (κ3) is 4.80. The lowest BCUT2D eigenvalue weighted by atomic mass is 9.73. The average Bonchev–Trinajstić information content (AvgIpc) is 2.84. The molecule has 1 N–H and O–H groups in total. The molecule has 1 aliphatic carbocycles. The predicted molar refractivity (Wildman–Crippen MR) is 87.2 cm³/mol. The topological polar surface area (TPSA) is 42.7 Å². The van der Waals surface area contributed by atoms with Gasteiger partial charge in [0.25, 0.3) is 0 Å². The normalized spacial score (nSPS) is 27.0. The van der Waals surface area contributed by atoms with Crippen LogP contribution < -0.4 is 5.32 Å². The lowest BCUT2D eigenvalue weighted by Gasteiger charge is -2.36. The van der Waals surface area contributed by atoms with Gasteiger partial charge in [-0.2, -0.15) is 5.10 Å². The molecule has 3 unspecified atom stereocenters. The summed E-state index contributed by atoms with van der Waals surface area (Å²) in [6, 6.07) is 0. The van der Waals surface area contributed by atoms with Crippen molar-refractivity contribution in [3.8, 4) is 0 Å². The van der Waals surface area contributed by atoms with Crippen LogP contribution in [0.25, 0.3) is 0 Å². The molecule has 0 bridgehead atoms. The van der Waals surface area contributed by atoms with Crippen molar-refractivity contribution in [3.05, 3.63) is 12.2 Å². The Morgan fingerprint density at radius 2 is 2.05 bits per heavy atom. The van der Waals surface area contributed by atoms with Crippen molar-refractivity contribution in [2.75, 3.05) is 6.54 Å². The standard InChI is InChI=1S/C17H32N4/c1-6-21-16(18-12-20-21)10-15-9-13(2)7-8-14(15)11-19-17(3,4)5/h12-15,19H,6-11H2,1-5H3. The highest BCUT2D eigenvalue weighted by molar-refractivity contribution is 4.92. The van der Waals surface area contributed by atoms with Crippen molar-refractivity contribution < 1.29 is 0 Å². The van der Waals surface area contributed by atoms with Crippen LogP contribution in [0.15, 0.2) is 6.33 Å². The molecule has 1 saturated carbocycles. The minimum absolute atomic E-state index is 0.205. The average molecular weight is 292 g/mol. The van der Waals surface area contributed by atoms with Gasteiger partial charge in [-0.15, -0.1) is 0 Å². The lowest BCUT2D eigenvalue weighted by molar-refractivity contribution is 0.171. The largest absolute Gasteiger partial charge is 0.312 e. The van der Waals surface area contributed by atoms with E-state index in [1.54, 1.807) is 6.33 Å². The van der Waals surface area contributed by atoms with Crippen LogP contribution in [0.4, 0.5) is 0 Å². The summed E-state index contributed by atoms with van der Waals surface area (Å²) in [7, 11) is 0. The summed E-state index contributed by atoms with van der Waals surface area (Å²) in [4.78, 5) is 4.48. The van der Waals surface area contributed by atoms with Gasteiger partial charge in [-0.25, -0.2) is 4.98 Å². The maximum Gasteiger partial charge on any atom is 0.138 e. The SMILES string of the molecule is CCn1ncnc1CC1CC(C)CCC1CNC(C)(C)C. The summed E-state index contributed by atoms with van der Waals surface area (Å²) < 4.78 is 2.05. The highest BCUT2D eigenvalue weighted by Crippen LogP contribution is 2.35. The summed E-state index contributed by atoms with van der Waals surface area (Å²) >= 11 is 0. The van der Waals surface area contributed by atoms with Crippen molar-refractivity contribution >= 4 is 0 Å². The maximum absolute atomic E-state index is 4.48. The molecular formula is C17H32N4. The molecule has 0 amide bonds. The van der Waals surface area contributed by atoms with Crippen molar-refractivity contribution in [1.82, 2.24) is 20.1 Å². The molecule has 0 aromatic carbocycles. The van der Waals surface area contributed by atoms with Crippen LogP contribution in [0.5, 0.6) is 0 Å². The minimum Gasteiger partial charge on any atom is -0.312 e. The van der Waals surface area contributed by atoms with Gasteiger partial charge >= 0.3 is 0 Å². The molecule has 2 rings (SSSR count). The van der Waals surface area contributed by atoms with Crippen molar-refractivity contribution in [3.63, 3.8) is 0 Å². The van der Waals surface area contributed by atoms with E-state index >= 15 is 0 Å². The van der Waals surface area contributed by atoms with Crippen molar-refractivity contribution in [2.45, 2.75) is 72.4 Å². The monoisotopic (exact) mass is 292 g/mol. The first-order valence-corrected chi connectivity index (χ1v) is 8.50. The third-order valence-electron chi connectivity index (χ3n) is 4.74. The van der Waals surface area contributed by atoms with E-state index in [4.69, 9.17) is 0 Å². The fourth-order valence-corrected chi connectivity index (χ4v) is 3.46. The second-order valence-electron chi connectivity index (χ2n) is 7.77. The molecule has 1 aromatic rings. The second kappa shape index (κ2) is 6.91. The Morgan fingerprint density at radius 1 is 1.29 bits per heavy atom. The number of nitrogens with zero attached hydrogens (tertiary/aromatic N) is 3. The zero-order valence-corrected chi connectivity index (χ0v) is 14.4. The van der Waals surface area contributed by atoms with Gasteiger partial charge in [0.2, 0.25) is 0 Å². The van der Waals surface area contributed by atoms with Gasteiger partial charge in [0.1, 0.15) is 12.2 Å². The van der Waals surface area contributed by atoms with Crippen LogP contribution in [-0.4, -0.2) is 26.8 Å². The number of aromatic nitrogens is 3. The van der Waals surface area contributed by atoms with Crippen LogP contribution in [0.1, 0.15) is 59.7 Å². The van der Waals surface area contributed by atoms with Crippen LogP contribution in [-0.2, 0) is 13.0 Å². The zero-order chi connectivity index (χ0) is 15.5. The molecule has 120 valence electrons. The molecule has 3 atom stereocenters. The number of hydrogen-bond donors (Lipinski definition) is 1. The van der Waals surface area contributed by atoms with Crippen LogP contribution >= 0.6 is 0 Å². The molecule has 0 spiro atoms. The van der Waals surface area contributed by atoms with E-state index in [2.05, 4.69) is 50.0 Å². The lowest BCUT2D eigenvalue weighted by Crippen LogP contribution is -2.42. The molecule has 0 radical (unpaired) electrons. The summed E-state index contributed by atoms with van der Waals surface area (Å²) in [6.45, 7) is 13.3. The molecule has 1 heterocycles. The fourth-order valence-electron chi connectivity index (χ4n) is 3.46. The molecule has 0 aliphatic heterocycles.